The van der Waals surface area contributed by atoms with Gasteiger partial charge in [-0.05, 0) is 74.6 Å². The van der Waals surface area contributed by atoms with Crippen LogP contribution in [-0.2, 0) is 17.9 Å². The number of hydrogen-bond donors (Lipinski definition) is 1. The zero-order chi connectivity index (χ0) is 25.9. The summed E-state index contributed by atoms with van der Waals surface area (Å²) in [5, 5.41) is 0. The Labute approximate surface area is 204 Å². The SMILES string of the molecule is CC1=CCC(c2ccc(C(F)(F)F)cc2)C=C1N1CCC[C@@]1(C)c1nc2ccc(C(F)(F)F)cc2[nH]1. The molecule has 0 saturated carbocycles. The van der Waals surface area contributed by atoms with Crippen LogP contribution in [-0.4, -0.2) is 21.4 Å². The minimum Gasteiger partial charge on any atom is -0.359 e. The Kier molecular flexibility index (Phi) is 5.72. The molecule has 2 aromatic carbocycles. The molecule has 1 aromatic heterocycles. The van der Waals surface area contributed by atoms with Crippen LogP contribution in [0.4, 0.5) is 26.3 Å². The molecule has 2 heterocycles. The molecule has 2 aliphatic rings. The van der Waals surface area contributed by atoms with E-state index in [-0.39, 0.29) is 5.92 Å². The highest BCUT2D eigenvalue weighted by Crippen LogP contribution is 2.45. The zero-order valence-electron chi connectivity index (χ0n) is 19.8. The number of allylic oxidation sites excluding steroid dienone is 3. The molecule has 3 nitrogen and oxygen atoms in total. The molecule has 0 spiro atoms. The van der Waals surface area contributed by atoms with E-state index in [0.717, 1.165) is 60.5 Å². The van der Waals surface area contributed by atoms with Crippen molar-refractivity contribution in [3.8, 4) is 0 Å². The van der Waals surface area contributed by atoms with E-state index in [1.807, 2.05) is 13.8 Å². The highest BCUT2D eigenvalue weighted by Gasteiger charge is 2.43. The van der Waals surface area contributed by atoms with E-state index in [2.05, 4.69) is 27.0 Å². The number of halogens is 6. The van der Waals surface area contributed by atoms with E-state index in [4.69, 9.17) is 0 Å². The van der Waals surface area contributed by atoms with Crippen molar-refractivity contribution in [1.82, 2.24) is 14.9 Å². The molecule has 1 aliphatic heterocycles. The Morgan fingerprint density at radius 1 is 0.972 bits per heavy atom. The van der Waals surface area contributed by atoms with E-state index in [1.54, 1.807) is 0 Å². The summed E-state index contributed by atoms with van der Waals surface area (Å²) in [4.78, 5) is 10.0. The second-order valence-corrected chi connectivity index (χ2v) is 9.75. The van der Waals surface area contributed by atoms with Gasteiger partial charge in [0.1, 0.15) is 5.82 Å². The van der Waals surface area contributed by atoms with Gasteiger partial charge in [-0.3, -0.25) is 0 Å². The third kappa shape index (κ3) is 4.29. The first kappa shape index (κ1) is 24.5. The van der Waals surface area contributed by atoms with Gasteiger partial charge >= 0.3 is 12.4 Å². The number of benzene rings is 2. The lowest BCUT2D eigenvalue weighted by atomic mass is 9.87. The Morgan fingerprint density at radius 2 is 1.64 bits per heavy atom. The lowest BCUT2D eigenvalue weighted by Gasteiger charge is -2.39. The van der Waals surface area contributed by atoms with Crippen LogP contribution >= 0.6 is 0 Å². The molecule has 1 fully saturated rings. The third-order valence-corrected chi connectivity index (χ3v) is 7.36. The summed E-state index contributed by atoms with van der Waals surface area (Å²) in [6.07, 6.45) is -2.34. The van der Waals surface area contributed by atoms with Crippen molar-refractivity contribution in [2.75, 3.05) is 6.54 Å². The highest BCUT2D eigenvalue weighted by atomic mass is 19.4. The number of imidazole rings is 1. The number of likely N-dealkylation sites (tertiary alicyclic amines) is 1. The molecule has 1 aliphatic carbocycles. The number of nitrogens with one attached hydrogen (secondary N) is 1. The summed E-state index contributed by atoms with van der Waals surface area (Å²) in [7, 11) is 0. The highest BCUT2D eigenvalue weighted by molar-refractivity contribution is 5.76. The molecule has 9 heteroatoms. The molecular weight excluding hydrogens is 480 g/mol. The molecule has 1 N–H and O–H groups in total. The van der Waals surface area contributed by atoms with E-state index < -0.39 is 29.0 Å². The standard InChI is InChI=1S/C27H25F6N3/c1-16-4-5-18(17-6-8-19(9-7-17)26(28,29)30)14-23(16)36-13-3-12-25(36,2)24-34-21-11-10-20(27(31,32)33)15-22(21)35-24/h4,6-11,14-15,18H,3,5,12-13H2,1-2H3,(H,34,35)/t18?,25-/m0/s1. The Hall–Kier alpha value is -3.23. The van der Waals surface area contributed by atoms with E-state index in [9.17, 15) is 26.3 Å². The zero-order valence-corrected chi connectivity index (χ0v) is 19.8. The van der Waals surface area contributed by atoms with E-state index in [0.29, 0.717) is 23.3 Å². The summed E-state index contributed by atoms with van der Waals surface area (Å²) in [6, 6.07) is 8.77. The van der Waals surface area contributed by atoms with Crippen molar-refractivity contribution in [2.45, 2.75) is 56.9 Å². The number of nitrogens with zero attached hydrogens (tertiary/aromatic N) is 2. The Morgan fingerprint density at radius 3 is 2.31 bits per heavy atom. The summed E-state index contributed by atoms with van der Waals surface area (Å²) in [5.74, 6) is 0.514. The fourth-order valence-electron chi connectivity index (χ4n) is 5.29. The van der Waals surface area contributed by atoms with Gasteiger partial charge in [-0.2, -0.15) is 26.3 Å². The fourth-order valence-corrected chi connectivity index (χ4v) is 5.29. The molecule has 5 rings (SSSR count). The van der Waals surface area contributed by atoms with Gasteiger partial charge < -0.3 is 9.88 Å². The summed E-state index contributed by atoms with van der Waals surface area (Å²) >= 11 is 0. The monoisotopic (exact) mass is 505 g/mol. The van der Waals surface area contributed by atoms with Crippen LogP contribution in [0.2, 0.25) is 0 Å². The van der Waals surface area contributed by atoms with Crippen LogP contribution < -0.4 is 0 Å². The normalized spacial score (nSPS) is 23.2. The molecule has 0 bridgehead atoms. The van der Waals surface area contributed by atoms with Gasteiger partial charge in [0.15, 0.2) is 0 Å². The number of hydrogen-bond acceptors (Lipinski definition) is 2. The van der Waals surface area contributed by atoms with Crippen LogP contribution in [0.1, 0.15) is 61.5 Å². The molecule has 36 heavy (non-hydrogen) atoms. The first-order valence-electron chi connectivity index (χ1n) is 11.8. The van der Waals surface area contributed by atoms with Crippen LogP contribution in [0.15, 0.2) is 65.9 Å². The third-order valence-electron chi connectivity index (χ3n) is 7.36. The van der Waals surface area contributed by atoms with Crippen molar-refractivity contribution >= 4 is 11.0 Å². The number of alkyl halides is 6. The maximum atomic E-state index is 13.2. The van der Waals surface area contributed by atoms with E-state index >= 15 is 0 Å². The first-order chi connectivity index (χ1) is 16.9. The molecular formula is C27H25F6N3. The van der Waals surface area contributed by atoms with Gasteiger partial charge in [-0.25, -0.2) is 4.98 Å². The molecule has 3 aromatic rings. The number of aromatic amines is 1. The number of aromatic nitrogens is 2. The predicted octanol–water partition coefficient (Wildman–Crippen LogP) is 7.93. The molecule has 1 saturated heterocycles. The Bertz CT molecular complexity index is 1350. The van der Waals surface area contributed by atoms with Gasteiger partial charge in [-0.15, -0.1) is 0 Å². The first-order valence-corrected chi connectivity index (χ1v) is 11.8. The van der Waals surface area contributed by atoms with Crippen LogP contribution in [0, 0.1) is 0 Å². The molecule has 0 radical (unpaired) electrons. The fraction of sp³-hybridized carbons (Fsp3) is 0.370. The van der Waals surface area contributed by atoms with E-state index in [1.165, 1.54) is 18.2 Å². The van der Waals surface area contributed by atoms with Crippen molar-refractivity contribution in [3.05, 3.63) is 88.4 Å². The minimum absolute atomic E-state index is 0.0825. The number of H-pyrrole nitrogens is 1. The van der Waals surface area contributed by atoms with Crippen molar-refractivity contribution in [2.24, 2.45) is 0 Å². The van der Waals surface area contributed by atoms with Crippen molar-refractivity contribution in [1.29, 1.82) is 0 Å². The lowest BCUT2D eigenvalue weighted by Crippen LogP contribution is -2.39. The Balaban J connectivity index is 1.48. The summed E-state index contributed by atoms with van der Waals surface area (Å²) in [6.45, 7) is 4.76. The smallest absolute Gasteiger partial charge is 0.359 e. The number of rotatable bonds is 3. The average Bonchev–Trinajstić information content (AvgIpc) is 3.42. The molecule has 2 atom stereocenters. The van der Waals surface area contributed by atoms with Gasteiger partial charge in [0.05, 0.1) is 27.7 Å². The second kappa shape index (κ2) is 8.42. The molecule has 0 amide bonds. The van der Waals surface area contributed by atoms with Crippen molar-refractivity contribution in [3.63, 3.8) is 0 Å². The minimum atomic E-state index is -4.44. The van der Waals surface area contributed by atoms with Crippen LogP contribution in [0.25, 0.3) is 11.0 Å². The van der Waals surface area contributed by atoms with Crippen LogP contribution in [0.3, 0.4) is 0 Å². The van der Waals surface area contributed by atoms with Crippen LogP contribution in [0.5, 0.6) is 0 Å². The van der Waals surface area contributed by atoms with Gasteiger partial charge in [0, 0.05) is 18.2 Å². The second-order valence-electron chi connectivity index (χ2n) is 9.75. The summed E-state index contributed by atoms with van der Waals surface area (Å²) < 4.78 is 78.5. The maximum absolute atomic E-state index is 13.2. The van der Waals surface area contributed by atoms with Crippen molar-refractivity contribution < 1.29 is 26.3 Å². The largest absolute Gasteiger partial charge is 0.416 e. The maximum Gasteiger partial charge on any atom is 0.416 e. The van der Waals surface area contributed by atoms with Gasteiger partial charge in [0.2, 0.25) is 0 Å². The van der Waals surface area contributed by atoms with Gasteiger partial charge in [0.25, 0.3) is 0 Å². The predicted molar refractivity (Wildman–Crippen MR) is 125 cm³/mol. The molecule has 190 valence electrons. The van der Waals surface area contributed by atoms with Gasteiger partial charge in [-0.1, -0.05) is 24.3 Å². The average molecular weight is 506 g/mol. The lowest BCUT2D eigenvalue weighted by molar-refractivity contribution is -0.138. The molecule has 1 unspecified atom stereocenters. The quantitative estimate of drug-likeness (QED) is 0.367. The topological polar surface area (TPSA) is 31.9 Å². The summed E-state index contributed by atoms with van der Waals surface area (Å²) in [5.41, 5.74) is 1.66. The number of fused-ring (bicyclic) bond motifs is 1.